The first-order chi connectivity index (χ1) is 9.21. The van der Waals surface area contributed by atoms with Gasteiger partial charge in [0, 0.05) is 18.9 Å². The van der Waals surface area contributed by atoms with Crippen molar-refractivity contribution in [3.05, 3.63) is 47.5 Å². The summed E-state index contributed by atoms with van der Waals surface area (Å²) in [6, 6.07) is 5.91. The van der Waals surface area contributed by atoms with Gasteiger partial charge in [-0.25, -0.2) is 10.4 Å². The first kappa shape index (κ1) is 13.6. The molecule has 0 saturated heterocycles. The summed E-state index contributed by atoms with van der Waals surface area (Å²) < 4.78 is 7.42. The van der Waals surface area contributed by atoms with E-state index in [-0.39, 0.29) is 6.04 Å². The summed E-state index contributed by atoms with van der Waals surface area (Å²) in [6.45, 7) is 4.95. The molecule has 0 spiro atoms. The molecule has 2 aromatic rings. The van der Waals surface area contributed by atoms with Crippen LogP contribution in [0.3, 0.4) is 0 Å². The van der Waals surface area contributed by atoms with Crippen LogP contribution < -0.4 is 16.0 Å². The second-order valence-corrected chi connectivity index (χ2v) is 4.40. The van der Waals surface area contributed by atoms with Crippen molar-refractivity contribution in [2.75, 3.05) is 7.11 Å². The molecule has 0 aliphatic rings. The number of benzene rings is 1. The van der Waals surface area contributed by atoms with Gasteiger partial charge >= 0.3 is 0 Å². The lowest BCUT2D eigenvalue weighted by atomic mass is 10.0. The number of aromatic nitrogens is 2. The van der Waals surface area contributed by atoms with Crippen molar-refractivity contribution in [1.82, 2.24) is 15.0 Å². The molecule has 5 heteroatoms. The number of rotatable bonds is 5. The lowest BCUT2D eigenvalue weighted by molar-refractivity contribution is 0.410. The summed E-state index contributed by atoms with van der Waals surface area (Å²) >= 11 is 0. The van der Waals surface area contributed by atoms with Crippen LogP contribution in [0.4, 0.5) is 0 Å². The molecule has 1 unspecified atom stereocenters. The third kappa shape index (κ3) is 2.62. The van der Waals surface area contributed by atoms with Gasteiger partial charge in [0.1, 0.15) is 17.6 Å². The van der Waals surface area contributed by atoms with E-state index in [1.54, 1.807) is 13.3 Å². The van der Waals surface area contributed by atoms with Crippen LogP contribution in [0.25, 0.3) is 0 Å². The van der Waals surface area contributed by atoms with Gasteiger partial charge < -0.3 is 9.30 Å². The van der Waals surface area contributed by atoms with Crippen LogP contribution in [0, 0.1) is 6.92 Å². The number of hydrogen-bond acceptors (Lipinski definition) is 4. The normalized spacial score (nSPS) is 12.4. The van der Waals surface area contributed by atoms with Gasteiger partial charge in [-0.15, -0.1) is 0 Å². The SMILES string of the molecule is CCn1ccnc1C(NN)c1ccc(C)c(OC)c1. The number of nitrogens with one attached hydrogen (secondary N) is 1. The van der Waals surface area contributed by atoms with E-state index < -0.39 is 0 Å². The van der Waals surface area contributed by atoms with Crippen molar-refractivity contribution < 1.29 is 4.74 Å². The van der Waals surface area contributed by atoms with E-state index in [2.05, 4.69) is 21.9 Å². The summed E-state index contributed by atoms with van der Waals surface area (Å²) in [4.78, 5) is 4.39. The van der Waals surface area contributed by atoms with Crippen LogP contribution in [0.1, 0.15) is 29.9 Å². The number of methoxy groups -OCH3 is 1. The van der Waals surface area contributed by atoms with E-state index in [1.807, 2.05) is 31.3 Å². The fraction of sp³-hybridized carbons (Fsp3) is 0.357. The molecule has 0 bridgehead atoms. The molecule has 19 heavy (non-hydrogen) atoms. The van der Waals surface area contributed by atoms with Crippen LogP contribution >= 0.6 is 0 Å². The maximum Gasteiger partial charge on any atom is 0.131 e. The monoisotopic (exact) mass is 260 g/mol. The summed E-state index contributed by atoms with van der Waals surface area (Å²) in [7, 11) is 1.67. The number of aryl methyl sites for hydroxylation is 2. The molecule has 1 heterocycles. The maximum atomic E-state index is 5.71. The lowest BCUT2D eigenvalue weighted by Gasteiger charge is -2.18. The molecule has 5 nitrogen and oxygen atoms in total. The molecule has 0 saturated carbocycles. The highest BCUT2D eigenvalue weighted by Gasteiger charge is 2.18. The molecule has 0 aliphatic heterocycles. The van der Waals surface area contributed by atoms with Crippen molar-refractivity contribution in [2.45, 2.75) is 26.4 Å². The average Bonchev–Trinajstić information content (AvgIpc) is 2.89. The third-order valence-electron chi connectivity index (χ3n) is 3.28. The minimum atomic E-state index is -0.149. The second kappa shape index (κ2) is 5.86. The van der Waals surface area contributed by atoms with Crippen LogP contribution in [-0.4, -0.2) is 16.7 Å². The largest absolute Gasteiger partial charge is 0.496 e. The summed E-state index contributed by atoms with van der Waals surface area (Å²) in [5, 5.41) is 0. The molecule has 0 amide bonds. The van der Waals surface area contributed by atoms with E-state index in [1.165, 1.54) is 0 Å². The average molecular weight is 260 g/mol. The van der Waals surface area contributed by atoms with Crippen LogP contribution in [-0.2, 0) is 6.54 Å². The minimum Gasteiger partial charge on any atom is -0.496 e. The van der Waals surface area contributed by atoms with Crippen molar-refractivity contribution in [2.24, 2.45) is 5.84 Å². The van der Waals surface area contributed by atoms with E-state index in [0.717, 1.165) is 29.2 Å². The quantitative estimate of drug-likeness (QED) is 0.635. The van der Waals surface area contributed by atoms with Gasteiger partial charge in [0.2, 0.25) is 0 Å². The highest BCUT2D eigenvalue weighted by molar-refractivity contribution is 5.39. The van der Waals surface area contributed by atoms with Crippen LogP contribution in [0.15, 0.2) is 30.6 Å². The molecule has 0 fully saturated rings. The number of nitrogens with two attached hydrogens (primary N) is 1. The molecule has 0 aliphatic carbocycles. The van der Waals surface area contributed by atoms with Crippen molar-refractivity contribution in [3.8, 4) is 5.75 Å². The molecule has 1 aromatic heterocycles. The van der Waals surface area contributed by atoms with E-state index in [9.17, 15) is 0 Å². The molecular formula is C14H20N4O. The van der Waals surface area contributed by atoms with Crippen LogP contribution in [0.5, 0.6) is 5.75 Å². The van der Waals surface area contributed by atoms with Gasteiger partial charge in [0.05, 0.1) is 7.11 Å². The Morgan fingerprint density at radius 3 is 2.89 bits per heavy atom. The maximum absolute atomic E-state index is 5.71. The Bertz CT molecular complexity index is 550. The highest BCUT2D eigenvalue weighted by atomic mass is 16.5. The van der Waals surface area contributed by atoms with Crippen LogP contribution in [0.2, 0.25) is 0 Å². The predicted molar refractivity (Wildman–Crippen MR) is 74.8 cm³/mol. The zero-order chi connectivity index (χ0) is 13.8. The smallest absolute Gasteiger partial charge is 0.131 e. The van der Waals surface area contributed by atoms with E-state index >= 15 is 0 Å². The molecule has 102 valence electrons. The first-order valence-corrected chi connectivity index (χ1v) is 6.33. The van der Waals surface area contributed by atoms with E-state index in [0.29, 0.717) is 0 Å². The number of ether oxygens (including phenoxy) is 1. The molecule has 0 radical (unpaired) electrons. The Kier molecular flexibility index (Phi) is 4.19. The summed E-state index contributed by atoms with van der Waals surface area (Å²) in [6.07, 6.45) is 3.74. The minimum absolute atomic E-state index is 0.149. The standard InChI is InChI=1S/C14H20N4O/c1-4-18-8-7-16-14(18)13(17-15)11-6-5-10(2)12(9-11)19-3/h5-9,13,17H,4,15H2,1-3H3. The summed E-state index contributed by atoms with van der Waals surface area (Å²) in [5.74, 6) is 7.46. The Morgan fingerprint density at radius 1 is 1.47 bits per heavy atom. The van der Waals surface area contributed by atoms with E-state index in [4.69, 9.17) is 10.6 Å². The third-order valence-corrected chi connectivity index (χ3v) is 3.28. The highest BCUT2D eigenvalue weighted by Crippen LogP contribution is 2.26. The Labute approximate surface area is 113 Å². The predicted octanol–water partition coefficient (Wildman–Crippen LogP) is 1.77. The van der Waals surface area contributed by atoms with Gasteiger partial charge in [-0.05, 0) is 31.0 Å². The number of imidazole rings is 1. The Hall–Kier alpha value is -1.85. The molecule has 3 N–H and O–H groups in total. The fourth-order valence-electron chi connectivity index (χ4n) is 2.18. The summed E-state index contributed by atoms with van der Waals surface area (Å²) in [5.41, 5.74) is 4.96. The van der Waals surface area contributed by atoms with Gasteiger partial charge in [0.25, 0.3) is 0 Å². The Morgan fingerprint density at radius 2 is 2.26 bits per heavy atom. The number of nitrogens with zero attached hydrogens (tertiary/aromatic N) is 2. The molecule has 1 aromatic carbocycles. The Balaban J connectivity index is 2.42. The van der Waals surface area contributed by atoms with Crippen molar-refractivity contribution in [3.63, 3.8) is 0 Å². The fourth-order valence-corrected chi connectivity index (χ4v) is 2.18. The number of hydrogen-bond donors (Lipinski definition) is 2. The zero-order valence-electron chi connectivity index (χ0n) is 11.6. The lowest BCUT2D eigenvalue weighted by Crippen LogP contribution is -2.31. The second-order valence-electron chi connectivity index (χ2n) is 4.40. The van der Waals surface area contributed by atoms with Gasteiger partial charge in [-0.2, -0.15) is 0 Å². The molecular weight excluding hydrogens is 240 g/mol. The van der Waals surface area contributed by atoms with Crippen molar-refractivity contribution in [1.29, 1.82) is 0 Å². The van der Waals surface area contributed by atoms with Crippen molar-refractivity contribution >= 4 is 0 Å². The first-order valence-electron chi connectivity index (χ1n) is 6.33. The van der Waals surface area contributed by atoms with Gasteiger partial charge in [-0.3, -0.25) is 5.84 Å². The molecule has 1 atom stereocenters. The topological polar surface area (TPSA) is 65.1 Å². The molecule has 2 rings (SSSR count). The zero-order valence-corrected chi connectivity index (χ0v) is 11.6. The van der Waals surface area contributed by atoms with Gasteiger partial charge in [-0.1, -0.05) is 12.1 Å². The van der Waals surface area contributed by atoms with Gasteiger partial charge in [0.15, 0.2) is 0 Å². The number of hydrazine groups is 1.